The number of fused-ring (bicyclic) bond motifs is 1. The Balaban J connectivity index is 0.000000649. The molecule has 1 aliphatic heterocycles. The first-order valence-electron chi connectivity index (χ1n) is 13.6. The summed E-state index contributed by atoms with van der Waals surface area (Å²) in [4.78, 5) is 13.4. The summed E-state index contributed by atoms with van der Waals surface area (Å²) in [6, 6.07) is 5.27. The molecular weight excluding hydrogens is 549 g/mol. The van der Waals surface area contributed by atoms with Crippen LogP contribution in [-0.2, 0) is 32.5 Å². The van der Waals surface area contributed by atoms with Crippen molar-refractivity contribution in [3.8, 4) is 0 Å². The van der Waals surface area contributed by atoms with E-state index in [9.17, 15) is 26.4 Å². The number of hydrogen-bond acceptors (Lipinski definition) is 6. The molecule has 14 heteroatoms. The number of hydrogen-bond donors (Lipinski definition) is 2. The maximum absolute atomic E-state index is 13.8. The molecule has 0 radical (unpaired) electrons. The zero-order chi connectivity index (χ0) is 29.5. The first-order chi connectivity index (χ1) is 19.0. The maximum atomic E-state index is 13.8. The van der Waals surface area contributed by atoms with Crippen molar-refractivity contribution in [2.24, 2.45) is 5.92 Å². The van der Waals surface area contributed by atoms with Crippen molar-refractivity contribution in [2.75, 3.05) is 45.2 Å². The van der Waals surface area contributed by atoms with Gasteiger partial charge in [-0.1, -0.05) is 13.3 Å². The molecule has 1 atom stereocenters. The molecule has 226 valence electrons. The number of imidazole rings is 1. The zero-order valence-electron chi connectivity index (χ0n) is 23.6. The van der Waals surface area contributed by atoms with E-state index >= 15 is 0 Å². The normalized spacial score (nSPS) is 17.8. The number of piperidine rings is 1. The Morgan fingerprint density at radius 3 is 2.38 bits per heavy atom. The lowest BCUT2D eigenvalue weighted by atomic mass is 10.0. The van der Waals surface area contributed by atoms with Crippen LogP contribution in [0.1, 0.15) is 51.3 Å². The number of aromatic nitrogens is 2. The van der Waals surface area contributed by atoms with Crippen molar-refractivity contribution in [1.29, 1.82) is 0 Å². The molecule has 1 aromatic heterocycles. The number of halogens is 3. The Bertz CT molecular complexity index is 1210. The summed E-state index contributed by atoms with van der Waals surface area (Å²) in [7, 11) is 1.02. The van der Waals surface area contributed by atoms with E-state index in [1.807, 2.05) is 14.0 Å². The van der Waals surface area contributed by atoms with Gasteiger partial charge in [-0.15, -0.1) is 0 Å². The van der Waals surface area contributed by atoms with Gasteiger partial charge >= 0.3 is 16.4 Å². The molecule has 1 saturated heterocycles. The van der Waals surface area contributed by atoms with E-state index in [1.54, 1.807) is 7.11 Å². The molecule has 2 aromatic rings. The van der Waals surface area contributed by atoms with Gasteiger partial charge in [-0.2, -0.15) is 25.9 Å². The molecule has 1 saturated carbocycles. The van der Waals surface area contributed by atoms with Crippen LogP contribution >= 0.6 is 0 Å². The molecule has 2 aliphatic rings. The second-order valence-corrected chi connectivity index (χ2v) is 12.2. The molecule has 0 spiro atoms. The minimum atomic E-state index is -4.63. The second-order valence-electron chi connectivity index (χ2n) is 10.3. The Morgan fingerprint density at radius 2 is 1.88 bits per heavy atom. The summed E-state index contributed by atoms with van der Waals surface area (Å²) in [6.45, 7) is 3.31. The standard InChI is InChI=1S/C22H34F3N5O3S.C4H7NO/c1-5-16(10-13-33-4)15-30-20-7-6-18(14-19(20)27-21(30)22(23,24)25)28(3)34(31,32)29-11-8-17(26-2)9-12-29;6-3-5-4-1-2-4/h6-7,14,16-17,26H,5,8-13,15H2,1-4H3;3-4H,1-2H2,(H,5,6). The number of ether oxygens (including phenoxy) is 1. The Morgan fingerprint density at radius 1 is 1.20 bits per heavy atom. The highest BCUT2D eigenvalue weighted by atomic mass is 32.2. The molecule has 4 rings (SSSR count). The number of nitrogens with one attached hydrogen (secondary N) is 2. The van der Waals surface area contributed by atoms with Gasteiger partial charge in [0.2, 0.25) is 12.2 Å². The van der Waals surface area contributed by atoms with Crippen LogP contribution < -0.4 is 14.9 Å². The number of amides is 1. The average Bonchev–Trinajstić information content (AvgIpc) is 3.68. The van der Waals surface area contributed by atoms with Gasteiger partial charge in [0.05, 0.1) is 16.7 Å². The smallest absolute Gasteiger partial charge is 0.385 e. The van der Waals surface area contributed by atoms with E-state index in [0.29, 0.717) is 56.9 Å². The number of methoxy groups -OCH3 is 1. The number of benzene rings is 1. The number of carbonyl (C=O) groups excluding carboxylic acids is 1. The van der Waals surface area contributed by atoms with Crippen LogP contribution in [0.5, 0.6) is 0 Å². The molecule has 1 aliphatic carbocycles. The number of carbonyl (C=O) groups is 1. The van der Waals surface area contributed by atoms with E-state index in [2.05, 4.69) is 15.6 Å². The molecule has 0 bridgehead atoms. The topological polar surface area (TPSA) is 109 Å². The molecule has 2 N–H and O–H groups in total. The lowest BCUT2D eigenvalue weighted by Gasteiger charge is -2.34. The van der Waals surface area contributed by atoms with E-state index in [4.69, 9.17) is 4.74 Å². The molecular formula is C26H41F3N6O4S. The van der Waals surface area contributed by atoms with Gasteiger partial charge in [0, 0.05) is 52.5 Å². The molecule has 1 amide bonds. The third-order valence-corrected chi connectivity index (χ3v) is 9.43. The monoisotopic (exact) mass is 590 g/mol. The summed E-state index contributed by atoms with van der Waals surface area (Å²) in [6.07, 6.45) is 1.22. The van der Waals surface area contributed by atoms with Crippen molar-refractivity contribution in [1.82, 2.24) is 24.5 Å². The van der Waals surface area contributed by atoms with Crippen LogP contribution in [0.4, 0.5) is 18.9 Å². The molecule has 1 aromatic carbocycles. The van der Waals surface area contributed by atoms with Crippen molar-refractivity contribution < 1.29 is 31.1 Å². The van der Waals surface area contributed by atoms with Gasteiger partial charge in [-0.05, 0) is 63.3 Å². The highest BCUT2D eigenvalue weighted by molar-refractivity contribution is 7.90. The lowest BCUT2D eigenvalue weighted by molar-refractivity contribution is -0.147. The van der Waals surface area contributed by atoms with Gasteiger partial charge < -0.3 is 19.9 Å². The van der Waals surface area contributed by atoms with Crippen LogP contribution in [0.3, 0.4) is 0 Å². The van der Waals surface area contributed by atoms with Gasteiger partial charge in [-0.25, -0.2) is 4.98 Å². The summed E-state index contributed by atoms with van der Waals surface area (Å²) < 4.78 is 76.6. The Labute approximate surface area is 234 Å². The van der Waals surface area contributed by atoms with Crippen LogP contribution in [0, 0.1) is 5.92 Å². The van der Waals surface area contributed by atoms with E-state index in [-0.39, 0.29) is 29.7 Å². The fourth-order valence-corrected chi connectivity index (χ4v) is 6.11. The minimum absolute atomic E-state index is 0.0123. The van der Waals surface area contributed by atoms with Crippen molar-refractivity contribution in [2.45, 2.75) is 70.3 Å². The van der Waals surface area contributed by atoms with Gasteiger partial charge in [0.15, 0.2) is 0 Å². The maximum Gasteiger partial charge on any atom is 0.449 e. The van der Waals surface area contributed by atoms with E-state index in [0.717, 1.165) is 10.7 Å². The average molecular weight is 591 g/mol. The number of rotatable bonds is 12. The zero-order valence-corrected chi connectivity index (χ0v) is 24.4. The quantitative estimate of drug-likeness (QED) is 0.367. The summed E-state index contributed by atoms with van der Waals surface area (Å²) >= 11 is 0. The highest BCUT2D eigenvalue weighted by Crippen LogP contribution is 2.34. The third-order valence-electron chi connectivity index (χ3n) is 7.51. The highest BCUT2D eigenvalue weighted by Gasteiger charge is 2.38. The molecule has 40 heavy (non-hydrogen) atoms. The fourth-order valence-electron chi connectivity index (χ4n) is 4.71. The second kappa shape index (κ2) is 14.0. The molecule has 10 nitrogen and oxygen atoms in total. The fraction of sp³-hybridized carbons (Fsp3) is 0.692. The number of alkyl halides is 3. The van der Waals surface area contributed by atoms with Gasteiger partial charge in [0.25, 0.3) is 0 Å². The lowest BCUT2D eigenvalue weighted by Crippen LogP contribution is -2.48. The first-order valence-corrected chi connectivity index (χ1v) is 15.0. The Kier molecular flexibility index (Phi) is 11.2. The largest absolute Gasteiger partial charge is 0.449 e. The predicted octanol–water partition coefficient (Wildman–Crippen LogP) is 3.38. The Hall–Kier alpha value is -2.42. The summed E-state index contributed by atoms with van der Waals surface area (Å²) in [5.74, 6) is -0.989. The SMILES string of the molecule is CCC(CCOC)Cn1c(C(F)(F)F)nc2cc(N(C)S(=O)(=O)N3CCC(NC)CC3)ccc21.O=CNC1CC1. The van der Waals surface area contributed by atoms with Crippen LogP contribution in [0.2, 0.25) is 0 Å². The van der Waals surface area contributed by atoms with Crippen LogP contribution in [0.15, 0.2) is 18.2 Å². The third kappa shape index (κ3) is 8.08. The van der Waals surface area contributed by atoms with Crippen molar-refractivity contribution in [3.63, 3.8) is 0 Å². The van der Waals surface area contributed by atoms with Crippen LogP contribution in [0.25, 0.3) is 11.0 Å². The summed E-state index contributed by atoms with van der Waals surface area (Å²) in [5.41, 5.74) is 0.711. The molecule has 2 fully saturated rings. The van der Waals surface area contributed by atoms with Gasteiger partial charge in [0.1, 0.15) is 0 Å². The first kappa shape index (κ1) is 32.1. The number of anilines is 1. The van der Waals surface area contributed by atoms with Crippen molar-refractivity contribution in [3.05, 3.63) is 24.0 Å². The molecule has 1 unspecified atom stereocenters. The van der Waals surface area contributed by atoms with E-state index < -0.39 is 22.2 Å². The molecule has 2 heterocycles. The predicted molar refractivity (Wildman–Crippen MR) is 148 cm³/mol. The van der Waals surface area contributed by atoms with Crippen LogP contribution in [-0.4, -0.2) is 81.7 Å². The van der Waals surface area contributed by atoms with Gasteiger partial charge in [-0.3, -0.25) is 9.10 Å². The number of nitrogens with zero attached hydrogens (tertiary/aromatic N) is 4. The summed E-state index contributed by atoms with van der Waals surface area (Å²) in [5, 5.41) is 5.80. The minimum Gasteiger partial charge on any atom is -0.385 e. The van der Waals surface area contributed by atoms with E-state index in [1.165, 1.54) is 47.0 Å². The van der Waals surface area contributed by atoms with Crippen molar-refractivity contribution >= 4 is 33.3 Å².